The minimum absolute atomic E-state index is 0.0244. The van der Waals surface area contributed by atoms with Crippen LogP contribution in [0.1, 0.15) is 51.4 Å². The number of nitrogens with zero attached hydrogens (tertiary/aromatic N) is 3. The monoisotopic (exact) mass is 643 g/mol. The minimum Gasteiger partial charge on any atom is -0.324 e. The van der Waals surface area contributed by atoms with Crippen LogP contribution in [0.2, 0.25) is 5.02 Å². The molecular formula is C33H24ClF6N3O2. The van der Waals surface area contributed by atoms with Gasteiger partial charge in [0, 0.05) is 17.1 Å². The number of halogens is 7. The summed E-state index contributed by atoms with van der Waals surface area (Å²) in [6, 6.07) is 19.3. The van der Waals surface area contributed by atoms with Gasteiger partial charge in [-0.25, -0.2) is 4.98 Å². The number of rotatable bonds is 6. The molecule has 1 atom stereocenters. The SMILES string of the molecule is Cc1c(Cl)cccc1-n1c(C(C)N(Cc2ccccc2)C(=O)c2cc(C(F)(F)F)cc(C(F)(F)F)c2)nc2ccccc2c1=O. The topological polar surface area (TPSA) is 55.2 Å². The molecular weight excluding hydrogens is 620 g/mol. The van der Waals surface area contributed by atoms with Gasteiger partial charge >= 0.3 is 12.4 Å². The van der Waals surface area contributed by atoms with Crippen molar-refractivity contribution >= 4 is 28.4 Å². The van der Waals surface area contributed by atoms with Gasteiger partial charge < -0.3 is 4.90 Å². The molecule has 1 heterocycles. The van der Waals surface area contributed by atoms with E-state index in [0.29, 0.717) is 34.0 Å². The molecule has 0 fully saturated rings. The van der Waals surface area contributed by atoms with Crippen molar-refractivity contribution in [1.29, 1.82) is 0 Å². The average molecular weight is 644 g/mol. The molecule has 4 aromatic carbocycles. The van der Waals surface area contributed by atoms with Crippen LogP contribution in [0.4, 0.5) is 26.3 Å². The summed E-state index contributed by atoms with van der Waals surface area (Å²) in [5.41, 5.74) is -2.89. The van der Waals surface area contributed by atoms with E-state index in [4.69, 9.17) is 16.6 Å². The van der Waals surface area contributed by atoms with Crippen LogP contribution < -0.4 is 5.56 Å². The Morgan fingerprint density at radius 1 is 0.867 bits per heavy atom. The van der Waals surface area contributed by atoms with Gasteiger partial charge in [-0.15, -0.1) is 0 Å². The minimum atomic E-state index is -5.16. The number of hydrogen-bond donors (Lipinski definition) is 0. The second kappa shape index (κ2) is 12.0. The smallest absolute Gasteiger partial charge is 0.324 e. The Balaban J connectivity index is 1.76. The fraction of sp³-hybridized carbons (Fsp3) is 0.182. The highest BCUT2D eigenvalue weighted by Crippen LogP contribution is 2.37. The number of amides is 1. The third-order valence-corrected chi connectivity index (χ3v) is 7.82. The fourth-order valence-corrected chi connectivity index (χ4v) is 5.22. The van der Waals surface area contributed by atoms with Crippen LogP contribution in [0.3, 0.4) is 0 Å². The first-order chi connectivity index (χ1) is 21.2. The molecule has 5 aromatic rings. The van der Waals surface area contributed by atoms with E-state index < -0.39 is 46.6 Å². The Hall–Kier alpha value is -4.64. The molecule has 232 valence electrons. The standard InChI is InChI=1S/C33H24ClF6N3O2/c1-19-26(34)12-8-14-28(19)43-29(41-27-13-7-6-11-25(27)31(43)45)20(2)42(18-21-9-4-3-5-10-21)30(44)22-15-23(32(35,36)37)17-24(16-22)33(38,39)40/h3-17,20H,18H2,1-2H3. The van der Waals surface area contributed by atoms with Gasteiger partial charge in [-0.3, -0.25) is 14.2 Å². The number of alkyl halides is 6. The Morgan fingerprint density at radius 3 is 2.09 bits per heavy atom. The molecule has 0 N–H and O–H groups in total. The van der Waals surface area contributed by atoms with Crippen molar-refractivity contribution in [2.75, 3.05) is 0 Å². The summed E-state index contributed by atoms with van der Waals surface area (Å²) in [6.07, 6.45) is -10.3. The van der Waals surface area contributed by atoms with Crippen LogP contribution in [-0.4, -0.2) is 20.4 Å². The average Bonchev–Trinajstić information content (AvgIpc) is 3.00. The third kappa shape index (κ3) is 6.44. The number of aromatic nitrogens is 2. The van der Waals surface area contributed by atoms with Crippen molar-refractivity contribution in [1.82, 2.24) is 14.5 Å². The van der Waals surface area contributed by atoms with Crippen LogP contribution >= 0.6 is 11.6 Å². The molecule has 45 heavy (non-hydrogen) atoms. The predicted molar refractivity (Wildman–Crippen MR) is 158 cm³/mol. The first kappa shape index (κ1) is 31.8. The van der Waals surface area contributed by atoms with Crippen molar-refractivity contribution in [2.24, 2.45) is 0 Å². The molecule has 0 aliphatic rings. The largest absolute Gasteiger partial charge is 0.416 e. The molecule has 0 spiro atoms. The Morgan fingerprint density at radius 2 is 1.47 bits per heavy atom. The van der Waals surface area contributed by atoms with Gasteiger partial charge in [0.15, 0.2) is 0 Å². The lowest BCUT2D eigenvalue weighted by atomic mass is 10.0. The maximum atomic E-state index is 14.1. The predicted octanol–water partition coefficient (Wildman–Crippen LogP) is 8.79. The van der Waals surface area contributed by atoms with E-state index in [9.17, 15) is 35.9 Å². The van der Waals surface area contributed by atoms with E-state index in [1.165, 1.54) is 11.5 Å². The molecule has 5 rings (SSSR count). The molecule has 5 nitrogen and oxygen atoms in total. The number of hydrogen-bond acceptors (Lipinski definition) is 3. The van der Waals surface area contributed by atoms with Crippen LogP contribution in [0, 0.1) is 6.92 Å². The molecule has 0 bridgehead atoms. The van der Waals surface area contributed by atoms with Crippen LogP contribution in [0.15, 0.2) is 95.8 Å². The van der Waals surface area contributed by atoms with Gasteiger partial charge in [0.1, 0.15) is 5.82 Å². The Bertz CT molecular complexity index is 1920. The molecule has 0 aliphatic carbocycles. The normalized spacial score (nSPS) is 12.7. The zero-order valence-corrected chi connectivity index (χ0v) is 24.5. The van der Waals surface area contributed by atoms with Gasteiger partial charge in [-0.2, -0.15) is 26.3 Å². The fourth-order valence-electron chi connectivity index (χ4n) is 5.05. The van der Waals surface area contributed by atoms with Crippen molar-refractivity contribution in [3.05, 3.63) is 140 Å². The maximum absolute atomic E-state index is 14.1. The molecule has 1 aromatic heterocycles. The summed E-state index contributed by atoms with van der Waals surface area (Å²) in [5.74, 6) is -1.10. The van der Waals surface area contributed by atoms with Gasteiger partial charge in [0.05, 0.1) is 33.8 Å². The van der Waals surface area contributed by atoms with E-state index >= 15 is 0 Å². The Labute approximate surface area is 258 Å². The summed E-state index contributed by atoms with van der Waals surface area (Å²) in [6.45, 7) is 2.96. The van der Waals surface area contributed by atoms with Crippen molar-refractivity contribution < 1.29 is 31.1 Å². The second-order valence-electron chi connectivity index (χ2n) is 10.4. The van der Waals surface area contributed by atoms with Crippen molar-refractivity contribution in [2.45, 2.75) is 38.8 Å². The van der Waals surface area contributed by atoms with E-state index in [1.54, 1.807) is 79.7 Å². The highest BCUT2D eigenvalue weighted by atomic mass is 35.5. The van der Waals surface area contributed by atoms with Gasteiger partial charge in [0.25, 0.3) is 11.5 Å². The lowest BCUT2D eigenvalue weighted by Crippen LogP contribution is -2.37. The number of para-hydroxylation sites is 1. The summed E-state index contributed by atoms with van der Waals surface area (Å²) in [4.78, 5) is 33.9. The molecule has 1 amide bonds. The quantitative estimate of drug-likeness (QED) is 0.174. The zero-order valence-electron chi connectivity index (χ0n) is 23.7. The van der Waals surface area contributed by atoms with E-state index in [-0.39, 0.29) is 29.3 Å². The van der Waals surface area contributed by atoms with E-state index in [2.05, 4.69) is 0 Å². The van der Waals surface area contributed by atoms with Crippen molar-refractivity contribution in [3.8, 4) is 5.69 Å². The molecule has 0 radical (unpaired) electrons. The molecule has 0 aliphatic heterocycles. The number of fused-ring (bicyclic) bond motifs is 1. The molecule has 12 heteroatoms. The van der Waals surface area contributed by atoms with E-state index in [1.807, 2.05) is 0 Å². The first-order valence-corrected chi connectivity index (χ1v) is 14.0. The third-order valence-electron chi connectivity index (χ3n) is 7.41. The maximum Gasteiger partial charge on any atom is 0.416 e. The van der Waals surface area contributed by atoms with Crippen LogP contribution in [0.5, 0.6) is 0 Å². The summed E-state index contributed by atoms with van der Waals surface area (Å²) in [7, 11) is 0. The number of benzene rings is 4. The molecule has 1 unspecified atom stereocenters. The highest BCUT2D eigenvalue weighted by molar-refractivity contribution is 6.31. The highest BCUT2D eigenvalue weighted by Gasteiger charge is 2.38. The summed E-state index contributed by atoms with van der Waals surface area (Å²) in [5, 5.41) is 0.591. The van der Waals surface area contributed by atoms with Gasteiger partial charge in [-0.05, 0) is 67.4 Å². The van der Waals surface area contributed by atoms with Crippen molar-refractivity contribution in [3.63, 3.8) is 0 Å². The van der Waals surface area contributed by atoms with Gasteiger partial charge in [-0.1, -0.05) is 60.1 Å². The zero-order chi connectivity index (χ0) is 32.7. The van der Waals surface area contributed by atoms with Crippen LogP contribution in [0.25, 0.3) is 16.6 Å². The second-order valence-corrected chi connectivity index (χ2v) is 10.8. The molecule has 0 saturated carbocycles. The lowest BCUT2D eigenvalue weighted by Gasteiger charge is -2.31. The summed E-state index contributed by atoms with van der Waals surface area (Å²) >= 11 is 6.39. The lowest BCUT2D eigenvalue weighted by molar-refractivity contribution is -0.143. The Kier molecular flexibility index (Phi) is 8.50. The van der Waals surface area contributed by atoms with E-state index in [0.717, 1.165) is 4.90 Å². The first-order valence-electron chi connectivity index (χ1n) is 13.6. The number of carbonyl (C=O) groups excluding carboxylic acids is 1. The van der Waals surface area contributed by atoms with Gasteiger partial charge in [0.2, 0.25) is 0 Å². The number of carbonyl (C=O) groups is 1. The summed E-state index contributed by atoms with van der Waals surface area (Å²) < 4.78 is 83.6. The molecule has 0 saturated heterocycles. The van der Waals surface area contributed by atoms with Crippen LogP contribution in [-0.2, 0) is 18.9 Å².